The Morgan fingerprint density at radius 2 is 1.58 bits per heavy atom. The first-order chi connectivity index (χ1) is 15.7. The highest BCUT2D eigenvalue weighted by molar-refractivity contribution is 7.92. The lowest BCUT2D eigenvalue weighted by Gasteiger charge is -2.24. The molecule has 10 heteroatoms. The van der Waals surface area contributed by atoms with Crippen molar-refractivity contribution in [1.29, 1.82) is 0 Å². The lowest BCUT2D eigenvalue weighted by molar-refractivity contribution is -0.115. The summed E-state index contributed by atoms with van der Waals surface area (Å²) in [5.41, 5.74) is 1.14. The summed E-state index contributed by atoms with van der Waals surface area (Å²) in [6.07, 6.45) is 0. The zero-order chi connectivity index (χ0) is 24.0. The van der Waals surface area contributed by atoms with Gasteiger partial charge in [0.15, 0.2) is 0 Å². The van der Waals surface area contributed by atoms with Gasteiger partial charge in [0, 0.05) is 23.3 Å². The fourth-order valence-electron chi connectivity index (χ4n) is 3.03. The van der Waals surface area contributed by atoms with Crippen molar-refractivity contribution < 1.29 is 22.7 Å². The Morgan fingerprint density at radius 1 is 0.939 bits per heavy atom. The van der Waals surface area contributed by atoms with E-state index in [2.05, 4.69) is 10.6 Å². The van der Waals surface area contributed by atoms with Crippen LogP contribution in [0.25, 0.3) is 0 Å². The topological polar surface area (TPSA) is 105 Å². The maximum atomic E-state index is 13.4. The minimum absolute atomic E-state index is 0.0104. The number of sulfonamides is 1. The molecule has 2 amide bonds. The van der Waals surface area contributed by atoms with Crippen LogP contribution < -0.4 is 19.7 Å². The summed E-state index contributed by atoms with van der Waals surface area (Å²) in [5.74, 6) is -0.330. The monoisotopic (exact) mass is 487 g/mol. The number of carbonyl (C=O) groups is 2. The molecule has 172 valence electrons. The van der Waals surface area contributed by atoms with Crippen molar-refractivity contribution in [3.8, 4) is 5.75 Å². The van der Waals surface area contributed by atoms with E-state index in [0.29, 0.717) is 22.1 Å². The maximum absolute atomic E-state index is 13.4. The highest BCUT2D eigenvalue weighted by atomic mass is 35.5. The van der Waals surface area contributed by atoms with Gasteiger partial charge in [-0.1, -0.05) is 23.7 Å². The molecule has 3 aromatic carbocycles. The molecule has 0 radical (unpaired) electrons. The molecule has 0 unspecified atom stereocenters. The summed E-state index contributed by atoms with van der Waals surface area (Å²) in [6, 6.07) is 18.6. The fourth-order valence-corrected chi connectivity index (χ4v) is 4.63. The van der Waals surface area contributed by atoms with Gasteiger partial charge in [0.05, 0.1) is 17.7 Å². The number of nitrogens with zero attached hydrogens (tertiary/aromatic N) is 1. The van der Waals surface area contributed by atoms with Gasteiger partial charge in [0.1, 0.15) is 12.3 Å². The number of hydrogen-bond donors (Lipinski definition) is 2. The summed E-state index contributed by atoms with van der Waals surface area (Å²) in [7, 11) is -2.63. The second-order valence-electron chi connectivity index (χ2n) is 6.98. The van der Waals surface area contributed by atoms with Gasteiger partial charge in [0.25, 0.3) is 10.0 Å². The van der Waals surface area contributed by atoms with Gasteiger partial charge < -0.3 is 15.4 Å². The van der Waals surface area contributed by atoms with Crippen molar-refractivity contribution in [2.75, 3.05) is 28.6 Å². The number of benzene rings is 3. The molecule has 0 aromatic heterocycles. The Kier molecular flexibility index (Phi) is 7.57. The van der Waals surface area contributed by atoms with Gasteiger partial charge in [-0.3, -0.25) is 13.9 Å². The van der Waals surface area contributed by atoms with Crippen molar-refractivity contribution in [1.82, 2.24) is 0 Å². The minimum atomic E-state index is -4.11. The zero-order valence-electron chi connectivity index (χ0n) is 17.9. The first-order valence-corrected chi connectivity index (χ1v) is 11.6. The van der Waals surface area contributed by atoms with E-state index in [1.54, 1.807) is 42.5 Å². The van der Waals surface area contributed by atoms with Crippen LogP contribution in [-0.2, 0) is 19.6 Å². The van der Waals surface area contributed by atoms with Gasteiger partial charge in [-0.25, -0.2) is 8.42 Å². The molecular weight excluding hydrogens is 466 g/mol. The average Bonchev–Trinajstić information content (AvgIpc) is 2.77. The quantitative estimate of drug-likeness (QED) is 0.497. The van der Waals surface area contributed by atoms with Crippen LogP contribution in [0.15, 0.2) is 77.7 Å². The molecule has 0 spiro atoms. The molecule has 3 aromatic rings. The lowest BCUT2D eigenvalue weighted by Crippen LogP contribution is -2.38. The molecule has 0 bridgehead atoms. The van der Waals surface area contributed by atoms with Crippen LogP contribution in [0.3, 0.4) is 0 Å². The number of carbonyl (C=O) groups excluding carboxylic acids is 2. The van der Waals surface area contributed by atoms with E-state index in [0.717, 1.165) is 4.31 Å². The van der Waals surface area contributed by atoms with E-state index < -0.39 is 22.5 Å². The smallest absolute Gasteiger partial charge is 0.264 e. The number of methoxy groups -OCH3 is 1. The second-order valence-corrected chi connectivity index (χ2v) is 9.28. The Bertz CT molecular complexity index is 1260. The minimum Gasteiger partial charge on any atom is -0.497 e. The number of anilines is 3. The van der Waals surface area contributed by atoms with Crippen LogP contribution in [-0.4, -0.2) is 33.9 Å². The van der Waals surface area contributed by atoms with Gasteiger partial charge in [-0.2, -0.15) is 0 Å². The number of nitrogens with one attached hydrogen (secondary N) is 2. The van der Waals surface area contributed by atoms with Gasteiger partial charge in [-0.15, -0.1) is 0 Å². The van der Waals surface area contributed by atoms with Crippen molar-refractivity contribution in [2.24, 2.45) is 0 Å². The van der Waals surface area contributed by atoms with E-state index in [4.69, 9.17) is 16.3 Å². The van der Waals surface area contributed by atoms with Crippen LogP contribution in [0.4, 0.5) is 17.1 Å². The van der Waals surface area contributed by atoms with Crippen LogP contribution in [0.1, 0.15) is 6.92 Å². The summed E-state index contributed by atoms with van der Waals surface area (Å²) >= 11 is 6.08. The molecule has 0 saturated heterocycles. The lowest BCUT2D eigenvalue weighted by atomic mass is 10.2. The van der Waals surface area contributed by atoms with E-state index in [1.165, 1.54) is 44.4 Å². The Morgan fingerprint density at radius 3 is 2.18 bits per heavy atom. The first-order valence-electron chi connectivity index (χ1n) is 9.79. The normalized spacial score (nSPS) is 10.9. The van der Waals surface area contributed by atoms with Crippen LogP contribution in [0.5, 0.6) is 5.75 Å². The number of ether oxygens (including phenoxy) is 1. The van der Waals surface area contributed by atoms with Crippen molar-refractivity contribution in [2.45, 2.75) is 11.8 Å². The summed E-state index contributed by atoms with van der Waals surface area (Å²) < 4.78 is 32.9. The fraction of sp³-hybridized carbons (Fsp3) is 0.130. The molecule has 0 heterocycles. The van der Waals surface area contributed by atoms with E-state index >= 15 is 0 Å². The molecule has 0 saturated carbocycles. The third-order valence-corrected chi connectivity index (χ3v) is 6.52. The van der Waals surface area contributed by atoms with Crippen molar-refractivity contribution in [3.63, 3.8) is 0 Å². The maximum Gasteiger partial charge on any atom is 0.264 e. The molecule has 0 aliphatic heterocycles. The van der Waals surface area contributed by atoms with Crippen molar-refractivity contribution >= 4 is 50.5 Å². The highest BCUT2D eigenvalue weighted by Crippen LogP contribution is 2.27. The molecular formula is C23H22ClN3O5S. The second kappa shape index (κ2) is 10.4. The van der Waals surface area contributed by atoms with Crippen molar-refractivity contribution in [3.05, 3.63) is 77.8 Å². The largest absolute Gasteiger partial charge is 0.497 e. The molecule has 0 aliphatic rings. The number of amides is 2. The molecule has 8 nitrogen and oxygen atoms in total. The van der Waals surface area contributed by atoms with Crippen LogP contribution in [0.2, 0.25) is 5.02 Å². The van der Waals surface area contributed by atoms with Gasteiger partial charge in [-0.05, 0) is 60.7 Å². The van der Waals surface area contributed by atoms with Gasteiger partial charge in [0.2, 0.25) is 11.8 Å². The predicted molar refractivity (Wildman–Crippen MR) is 128 cm³/mol. The predicted octanol–water partition coefficient (Wildman–Crippen LogP) is 4.14. The van der Waals surface area contributed by atoms with E-state index in [9.17, 15) is 18.0 Å². The molecule has 0 atom stereocenters. The molecule has 2 N–H and O–H groups in total. The molecule has 3 rings (SSSR count). The van der Waals surface area contributed by atoms with Crippen LogP contribution in [0, 0.1) is 0 Å². The Balaban J connectivity index is 1.90. The Hall–Kier alpha value is -3.56. The average molecular weight is 488 g/mol. The number of rotatable bonds is 8. The summed E-state index contributed by atoms with van der Waals surface area (Å²) in [6.45, 7) is 0.872. The highest BCUT2D eigenvalue weighted by Gasteiger charge is 2.27. The van der Waals surface area contributed by atoms with Crippen LogP contribution >= 0.6 is 11.6 Å². The SMILES string of the molecule is COc1ccc(S(=O)(=O)N(CC(=O)Nc2cccc(NC(C)=O)c2)c2cccc(Cl)c2)cc1. The van der Waals surface area contributed by atoms with E-state index in [1.807, 2.05) is 0 Å². The third-order valence-electron chi connectivity index (χ3n) is 4.50. The number of hydrogen-bond acceptors (Lipinski definition) is 5. The number of halogens is 1. The third kappa shape index (κ3) is 6.24. The van der Waals surface area contributed by atoms with Gasteiger partial charge >= 0.3 is 0 Å². The zero-order valence-corrected chi connectivity index (χ0v) is 19.5. The Labute approximate surface area is 197 Å². The first kappa shape index (κ1) is 24.1. The summed E-state index contributed by atoms with van der Waals surface area (Å²) in [4.78, 5) is 24.1. The van der Waals surface area contributed by atoms with E-state index in [-0.39, 0.29) is 16.5 Å². The standard InChI is InChI=1S/C23H22ClN3O5S/c1-16(28)25-18-6-4-7-19(14-18)26-23(29)15-27(20-8-3-5-17(24)13-20)33(30,31)22-11-9-21(32-2)10-12-22/h3-14H,15H2,1-2H3,(H,25,28)(H,26,29). The molecule has 33 heavy (non-hydrogen) atoms. The molecule has 0 fully saturated rings. The summed E-state index contributed by atoms with van der Waals surface area (Å²) in [5, 5.41) is 5.61. The molecule has 0 aliphatic carbocycles.